The van der Waals surface area contributed by atoms with Crippen LogP contribution in [0.1, 0.15) is 22.5 Å². The van der Waals surface area contributed by atoms with Crippen molar-refractivity contribution in [1.29, 1.82) is 0 Å². The number of hydrogen-bond acceptors (Lipinski definition) is 5. The molecule has 158 valence electrons. The summed E-state index contributed by atoms with van der Waals surface area (Å²) in [5, 5.41) is 19.7. The molecule has 0 aliphatic rings. The number of nitrogens with two attached hydrogens (primary N) is 1. The van der Waals surface area contributed by atoms with Gasteiger partial charge in [-0.1, -0.05) is 36.4 Å². The smallest absolute Gasteiger partial charge is 0.307 e. The second-order valence-electron chi connectivity index (χ2n) is 7.30. The van der Waals surface area contributed by atoms with Gasteiger partial charge in [-0.25, -0.2) is 0 Å². The third-order valence-corrected chi connectivity index (χ3v) is 5.07. The lowest BCUT2D eigenvalue weighted by atomic mass is 9.99. The van der Waals surface area contributed by atoms with Gasteiger partial charge in [0, 0.05) is 23.1 Å². The Kier molecular flexibility index (Phi) is 6.02. The maximum atomic E-state index is 11.1. The van der Waals surface area contributed by atoms with Crippen LogP contribution in [0, 0.1) is 0 Å². The van der Waals surface area contributed by atoms with E-state index in [1.54, 1.807) is 24.3 Å². The van der Waals surface area contributed by atoms with E-state index in [-0.39, 0.29) is 19.6 Å². The number of aliphatic hydroxyl groups is 1. The molecule has 0 unspecified atom stereocenters. The van der Waals surface area contributed by atoms with Crippen LogP contribution in [-0.2, 0) is 31.0 Å². The topological polar surface area (TPSA) is 106 Å². The van der Waals surface area contributed by atoms with Crippen LogP contribution in [0.4, 0.5) is 0 Å². The number of carboxylic acid groups (broad SMARTS) is 1. The minimum Gasteiger partial charge on any atom is -0.485 e. The molecule has 0 aliphatic heterocycles. The fourth-order valence-electron chi connectivity index (χ4n) is 3.61. The minimum atomic E-state index is -0.916. The van der Waals surface area contributed by atoms with E-state index in [9.17, 15) is 9.90 Å². The van der Waals surface area contributed by atoms with Crippen molar-refractivity contribution in [2.75, 3.05) is 0 Å². The van der Waals surface area contributed by atoms with Gasteiger partial charge in [-0.15, -0.1) is 0 Å². The first kappa shape index (κ1) is 20.7. The molecule has 0 fully saturated rings. The van der Waals surface area contributed by atoms with Gasteiger partial charge in [0.25, 0.3) is 0 Å². The summed E-state index contributed by atoms with van der Waals surface area (Å²) in [7, 11) is 0. The van der Waals surface area contributed by atoms with Crippen molar-refractivity contribution in [3.05, 3.63) is 89.2 Å². The van der Waals surface area contributed by atoms with E-state index in [0.717, 1.165) is 27.6 Å². The number of benzene rings is 3. The lowest BCUT2D eigenvalue weighted by Gasteiger charge is -2.09. The highest BCUT2D eigenvalue weighted by atomic mass is 16.5. The zero-order chi connectivity index (χ0) is 21.8. The molecule has 4 aromatic rings. The van der Waals surface area contributed by atoms with Gasteiger partial charge in [0.1, 0.15) is 23.7 Å². The Hall–Kier alpha value is -3.61. The number of hydrogen-bond donors (Lipinski definition) is 3. The second kappa shape index (κ2) is 9.04. The Bertz CT molecular complexity index is 1230. The second-order valence-corrected chi connectivity index (χ2v) is 7.30. The zero-order valence-electron chi connectivity index (χ0n) is 16.9. The first-order valence-electron chi connectivity index (χ1n) is 9.95. The number of ether oxygens (including phenoxy) is 1. The summed E-state index contributed by atoms with van der Waals surface area (Å²) in [5.41, 5.74) is 10.7. The number of aliphatic hydroxyl groups excluding tert-OH is 1. The third kappa shape index (κ3) is 4.60. The predicted octanol–water partition coefficient (Wildman–Crippen LogP) is 4.26. The van der Waals surface area contributed by atoms with Crippen molar-refractivity contribution < 1.29 is 24.2 Å². The molecule has 6 nitrogen and oxygen atoms in total. The molecule has 4 rings (SSSR count). The number of rotatable bonds is 8. The van der Waals surface area contributed by atoms with Crippen LogP contribution >= 0.6 is 0 Å². The molecule has 0 aliphatic carbocycles. The standard InChI is InChI=1S/C25H23NO5/c26-13-16-4-3-6-18(8-16)22-10-17(14-27)9-20-11-21(31-25(20)22)15-30-23-7-2-1-5-19(23)12-24(28)29/h1-11,27H,12-15,26H2,(H,28,29). The Labute approximate surface area is 179 Å². The van der Waals surface area contributed by atoms with Gasteiger partial charge in [0.15, 0.2) is 0 Å². The molecule has 1 heterocycles. The summed E-state index contributed by atoms with van der Waals surface area (Å²) in [6.07, 6.45) is -0.113. The summed E-state index contributed by atoms with van der Waals surface area (Å²) in [6, 6.07) is 20.6. The van der Waals surface area contributed by atoms with Crippen LogP contribution in [0.25, 0.3) is 22.1 Å². The van der Waals surface area contributed by atoms with E-state index in [1.807, 2.05) is 42.5 Å². The molecular weight excluding hydrogens is 394 g/mol. The Balaban J connectivity index is 1.67. The van der Waals surface area contributed by atoms with Gasteiger partial charge in [0.2, 0.25) is 0 Å². The molecule has 6 heteroatoms. The average Bonchev–Trinajstić information content (AvgIpc) is 3.20. The van der Waals surface area contributed by atoms with Crippen LogP contribution in [0.3, 0.4) is 0 Å². The van der Waals surface area contributed by atoms with Crippen LogP contribution in [0.5, 0.6) is 5.75 Å². The van der Waals surface area contributed by atoms with Crippen molar-refractivity contribution in [2.45, 2.75) is 26.2 Å². The molecule has 31 heavy (non-hydrogen) atoms. The third-order valence-electron chi connectivity index (χ3n) is 5.07. The van der Waals surface area contributed by atoms with E-state index in [2.05, 4.69) is 0 Å². The predicted molar refractivity (Wildman–Crippen MR) is 118 cm³/mol. The highest BCUT2D eigenvalue weighted by Crippen LogP contribution is 2.33. The van der Waals surface area contributed by atoms with Gasteiger partial charge in [0.05, 0.1) is 13.0 Å². The quantitative estimate of drug-likeness (QED) is 0.396. The maximum absolute atomic E-state index is 11.1. The highest BCUT2D eigenvalue weighted by molar-refractivity contribution is 5.93. The minimum absolute atomic E-state index is 0.0842. The van der Waals surface area contributed by atoms with Crippen molar-refractivity contribution in [1.82, 2.24) is 0 Å². The summed E-state index contributed by atoms with van der Waals surface area (Å²) in [6.45, 7) is 0.505. The van der Waals surface area contributed by atoms with Crippen LogP contribution < -0.4 is 10.5 Å². The van der Waals surface area contributed by atoms with Gasteiger partial charge in [-0.2, -0.15) is 0 Å². The van der Waals surface area contributed by atoms with Crippen LogP contribution in [0.2, 0.25) is 0 Å². The van der Waals surface area contributed by atoms with Crippen molar-refractivity contribution in [3.63, 3.8) is 0 Å². The molecule has 4 N–H and O–H groups in total. The van der Waals surface area contributed by atoms with Crippen LogP contribution in [0.15, 0.2) is 71.1 Å². The molecule has 1 aromatic heterocycles. The van der Waals surface area contributed by atoms with Gasteiger partial charge in [-0.05, 0) is 47.0 Å². The van der Waals surface area contributed by atoms with E-state index >= 15 is 0 Å². The maximum Gasteiger partial charge on any atom is 0.307 e. The largest absolute Gasteiger partial charge is 0.485 e. The summed E-state index contributed by atoms with van der Waals surface area (Å²) >= 11 is 0. The fraction of sp³-hybridized carbons (Fsp3) is 0.160. The molecule has 0 bridgehead atoms. The number of fused-ring (bicyclic) bond motifs is 1. The van der Waals surface area contributed by atoms with E-state index < -0.39 is 5.97 Å². The summed E-state index contributed by atoms with van der Waals surface area (Å²) < 4.78 is 12.0. The lowest BCUT2D eigenvalue weighted by molar-refractivity contribution is -0.136. The molecular formula is C25H23NO5. The van der Waals surface area contributed by atoms with Gasteiger partial charge >= 0.3 is 5.97 Å². The number of carbonyl (C=O) groups is 1. The monoisotopic (exact) mass is 417 g/mol. The van der Waals surface area contributed by atoms with Crippen molar-refractivity contribution in [3.8, 4) is 16.9 Å². The lowest BCUT2D eigenvalue weighted by Crippen LogP contribution is -2.03. The first-order chi connectivity index (χ1) is 15.1. The molecule has 3 aromatic carbocycles. The Morgan fingerprint density at radius 2 is 1.84 bits per heavy atom. The molecule has 0 spiro atoms. The van der Waals surface area contributed by atoms with E-state index in [1.165, 1.54) is 0 Å². The molecule has 0 saturated heterocycles. The normalized spacial score (nSPS) is 11.0. The summed E-state index contributed by atoms with van der Waals surface area (Å²) in [4.78, 5) is 11.1. The SMILES string of the molecule is NCc1cccc(-c2cc(CO)cc3cc(COc4ccccc4CC(=O)O)oc23)c1. The molecule has 0 atom stereocenters. The number of para-hydroxylation sites is 1. The van der Waals surface area contributed by atoms with Crippen molar-refractivity contribution >= 4 is 16.9 Å². The average molecular weight is 417 g/mol. The number of aliphatic carboxylic acids is 1. The van der Waals surface area contributed by atoms with Crippen molar-refractivity contribution in [2.24, 2.45) is 5.73 Å². The number of furan rings is 1. The number of carboxylic acids is 1. The van der Waals surface area contributed by atoms with Gasteiger partial charge in [-0.3, -0.25) is 4.79 Å². The van der Waals surface area contributed by atoms with Gasteiger partial charge < -0.3 is 25.1 Å². The first-order valence-corrected chi connectivity index (χ1v) is 9.95. The Morgan fingerprint density at radius 3 is 2.61 bits per heavy atom. The van der Waals surface area contributed by atoms with E-state index in [0.29, 0.717) is 29.2 Å². The van der Waals surface area contributed by atoms with Crippen LogP contribution in [-0.4, -0.2) is 16.2 Å². The molecule has 0 radical (unpaired) electrons. The summed E-state index contributed by atoms with van der Waals surface area (Å²) in [5.74, 6) is 0.199. The fourth-order valence-corrected chi connectivity index (χ4v) is 3.61. The Morgan fingerprint density at radius 1 is 1.00 bits per heavy atom. The van der Waals surface area contributed by atoms with E-state index in [4.69, 9.17) is 20.0 Å². The molecule has 0 saturated carbocycles. The molecule has 0 amide bonds. The zero-order valence-corrected chi connectivity index (χ0v) is 16.9. The highest BCUT2D eigenvalue weighted by Gasteiger charge is 2.14.